The van der Waals surface area contributed by atoms with Crippen LogP contribution in [0.5, 0.6) is 0 Å². The number of rotatable bonds is 4. The van der Waals surface area contributed by atoms with Gasteiger partial charge in [-0.05, 0) is 33.6 Å². The van der Waals surface area contributed by atoms with Crippen molar-refractivity contribution in [3.8, 4) is 0 Å². The van der Waals surface area contributed by atoms with Crippen LogP contribution in [0.25, 0.3) is 0 Å². The van der Waals surface area contributed by atoms with Gasteiger partial charge in [-0.1, -0.05) is 19.3 Å². The van der Waals surface area contributed by atoms with Crippen LogP contribution in [0.15, 0.2) is 0 Å². The Balaban J connectivity index is 2.56. The molecule has 0 radical (unpaired) electrons. The summed E-state index contributed by atoms with van der Waals surface area (Å²) in [5.41, 5.74) is -1.20. The summed E-state index contributed by atoms with van der Waals surface area (Å²) in [6.45, 7) is 6.05. The molecule has 5 heteroatoms. The van der Waals surface area contributed by atoms with Gasteiger partial charge in [-0.2, -0.15) is 0 Å². The summed E-state index contributed by atoms with van der Waals surface area (Å²) >= 11 is 0. The van der Waals surface area contributed by atoms with Gasteiger partial charge < -0.3 is 15.7 Å². The Labute approximate surface area is 108 Å². The van der Waals surface area contributed by atoms with Crippen LogP contribution in [0, 0.1) is 0 Å². The highest BCUT2D eigenvalue weighted by molar-refractivity contribution is 5.88. The molecule has 0 spiro atoms. The molecule has 0 aromatic heterocycles. The summed E-state index contributed by atoms with van der Waals surface area (Å²) in [7, 11) is 0. The summed E-state index contributed by atoms with van der Waals surface area (Å²) in [4.78, 5) is 23.2. The fourth-order valence-electron chi connectivity index (χ4n) is 2.20. The van der Waals surface area contributed by atoms with Gasteiger partial charge in [-0.15, -0.1) is 0 Å². The number of aliphatic carboxylic acids is 1. The number of hydrogen-bond acceptors (Lipinski definition) is 3. The maximum atomic E-state index is 11.8. The highest BCUT2D eigenvalue weighted by atomic mass is 16.4. The third-order valence-electron chi connectivity index (χ3n) is 3.27. The summed E-state index contributed by atoms with van der Waals surface area (Å²) in [5.74, 6) is -1.15. The van der Waals surface area contributed by atoms with Crippen LogP contribution >= 0.6 is 0 Å². The van der Waals surface area contributed by atoms with Crippen molar-refractivity contribution in [2.45, 2.75) is 64.0 Å². The molecule has 1 fully saturated rings. The minimum Gasteiger partial charge on any atom is -0.480 e. The van der Waals surface area contributed by atoms with Crippen LogP contribution in [-0.4, -0.2) is 34.6 Å². The molecule has 1 rings (SSSR count). The lowest BCUT2D eigenvalue weighted by molar-refractivity contribution is -0.149. The van der Waals surface area contributed by atoms with Crippen molar-refractivity contribution in [1.82, 2.24) is 10.6 Å². The van der Waals surface area contributed by atoms with E-state index in [1.165, 1.54) is 0 Å². The molecule has 0 aromatic rings. The van der Waals surface area contributed by atoms with Gasteiger partial charge in [0.05, 0.1) is 6.54 Å². The van der Waals surface area contributed by atoms with E-state index in [1.54, 1.807) is 0 Å². The van der Waals surface area contributed by atoms with E-state index in [9.17, 15) is 14.7 Å². The molecule has 1 aliphatic rings. The molecule has 0 bridgehead atoms. The van der Waals surface area contributed by atoms with E-state index in [4.69, 9.17) is 0 Å². The highest BCUT2D eigenvalue weighted by Crippen LogP contribution is 2.28. The van der Waals surface area contributed by atoms with Crippen LogP contribution in [-0.2, 0) is 9.59 Å². The average molecular weight is 256 g/mol. The zero-order valence-corrected chi connectivity index (χ0v) is 11.5. The minimum absolute atomic E-state index is 0.151. The number of amides is 1. The Morgan fingerprint density at radius 2 is 1.72 bits per heavy atom. The van der Waals surface area contributed by atoms with Gasteiger partial charge in [0.25, 0.3) is 0 Å². The molecule has 1 amide bonds. The molecule has 3 N–H and O–H groups in total. The fraction of sp³-hybridized carbons (Fsp3) is 0.846. The lowest BCUT2D eigenvalue weighted by Crippen LogP contribution is -2.58. The average Bonchev–Trinajstić information content (AvgIpc) is 2.26. The molecule has 5 nitrogen and oxygen atoms in total. The second-order valence-corrected chi connectivity index (χ2v) is 6.10. The first-order valence-corrected chi connectivity index (χ1v) is 6.55. The minimum atomic E-state index is -1.05. The normalized spacial score (nSPS) is 19.3. The number of hydrogen-bond donors (Lipinski definition) is 3. The maximum absolute atomic E-state index is 11.8. The monoisotopic (exact) mass is 256 g/mol. The molecule has 0 saturated heterocycles. The third-order valence-corrected chi connectivity index (χ3v) is 3.27. The zero-order valence-electron chi connectivity index (χ0n) is 11.5. The van der Waals surface area contributed by atoms with Crippen LogP contribution < -0.4 is 10.6 Å². The van der Waals surface area contributed by atoms with Crippen molar-refractivity contribution in [1.29, 1.82) is 0 Å². The van der Waals surface area contributed by atoms with Crippen molar-refractivity contribution in [3.63, 3.8) is 0 Å². The first-order chi connectivity index (χ1) is 8.25. The van der Waals surface area contributed by atoms with Crippen molar-refractivity contribution in [2.24, 2.45) is 0 Å². The number of nitrogens with one attached hydrogen (secondary N) is 2. The van der Waals surface area contributed by atoms with Crippen LogP contribution in [0.1, 0.15) is 52.9 Å². The standard InChI is InChI=1S/C13H24N2O3/c1-12(2,3)14-9-10(16)15-13(11(17)18)7-5-4-6-8-13/h14H,4-9H2,1-3H3,(H,15,16)(H,17,18). The molecular formula is C13H24N2O3. The summed E-state index contributed by atoms with van der Waals surface area (Å²) in [6.07, 6.45) is 3.83. The first-order valence-electron chi connectivity index (χ1n) is 6.55. The van der Waals surface area contributed by atoms with Crippen LogP contribution in [0.2, 0.25) is 0 Å². The molecular weight excluding hydrogens is 232 g/mol. The quantitative estimate of drug-likeness (QED) is 0.708. The van der Waals surface area contributed by atoms with Crippen LogP contribution in [0.4, 0.5) is 0 Å². The van der Waals surface area contributed by atoms with E-state index >= 15 is 0 Å². The van der Waals surface area contributed by atoms with Crippen molar-refractivity contribution in [3.05, 3.63) is 0 Å². The largest absolute Gasteiger partial charge is 0.480 e. The van der Waals surface area contributed by atoms with Gasteiger partial charge in [0, 0.05) is 5.54 Å². The first kappa shape index (κ1) is 15.0. The zero-order chi connectivity index (χ0) is 13.8. The molecule has 0 unspecified atom stereocenters. The predicted molar refractivity (Wildman–Crippen MR) is 69.4 cm³/mol. The highest BCUT2D eigenvalue weighted by Gasteiger charge is 2.40. The van der Waals surface area contributed by atoms with Gasteiger partial charge in [0.1, 0.15) is 5.54 Å². The van der Waals surface area contributed by atoms with Gasteiger partial charge in [0.2, 0.25) is 5.91 Å². The number of carboxylic acids is 1. The molecule has 1 saturated carbocycles. The molecule has 0 aromatic carbocycles. The molecule has 0 aliphatic heterocycles. The van der Waals surface area contributed by atoms with Gasteiger partial charge >= 0.3 is 5.97 Å². The van der Waals surface area contributed by atoms with Gasteiger partial charge in [0.15, 0.2) is 0 Å². The van der Waals surface area contributed by atoms with Crippen molar-refractivity contribution < 1.29 is 14.7 Å². The lowest BCUT2D eigenvalue weighted by Gasteiger charge is -2.34. The van der Waals surface area contributed by atoms with Crippen LogP contribution in [0.3, 0.4) is 0 Å². The Kier molecular flexibility index (Phi) is 4.73. The van der Waals surface area contributed by atoms with E-state index in [0.29, 0.717) is 12.8 Å². The second-order valence-electron chi connectivity index (χ2n) is 6.10. The maximum Gasteiger partial charge on any atom is 0.329 e. The number of carboxylic acid groups (broad SMARTS) is 1. The Morgan fingerprint density at radius 1 is 1.17 bits per heavy atom. The molecule has 104 valence electrons. The Morgan fingerprint density at radius 3 is 2.17 bits per heavy atom. The van der Waals surface area contributed by atoms with E-state index in [-0.39, 0.29) is 18.0 Å². The summed E-state index contributed by atoms with van der Waals surface area (Å²) in [5, 5.41) is 15.1. The molecule has 0 atom stereocenters. The number of carbonyl (C=O) groups is 2. The predicted octanol–water partition coefficient (Wildman–Crippen LogP) is 1.28. The van der Waals surface area contributed by atoms with Gasteiger partial charge in [-0.25, -0.2) is 4.79 Å². The van der Waals surface area contributed by atoms with Crippen molar-refractivity contribution in [2.75, 3.05) is 6.54 Å². The van der Waals surface area contributed by atoms with E-state index in [0.717, 1.165) is 19.3 Å². The van der Waals surface area contributed by atoms with Gasteiger partial charge in [-0.3, -0.25) is 4.79 Å². The summed E-state index contributed by atoms with van der Waals surface area (Å²) in [6, 6.07) is 0. The smallest absolute Gasteiger partial charge is 0.329 e. The topological polar surface area (TPSA) is 78.4 Å². The Hall–Kier alpha value is -1.10. The van der Waals surface area contributed by atoms with E-state index < -0.39 is 11.5 Å². The van der Waals surface area contributed by atoms with E-state index in [1.807, 2.05) is 20.8 Å². The molecule has 18 heavy (non-hydrogen) atoms. The third kappa shape index (κ3) is 4.29. The summed E-state index contributed by atoms with van der Waals surface area (Å²) < 4.78 is 0. The fourth-order valence-corrected chi connectivity index (χ4v) is 2.20. The lowest BCUT2D eigenvalue weighted by atomic mass is 9.81. The van der Waals surface area contributed by atoms with Crippen molar-refractivity contribution >= 4 is 11.9 Å². The second kappa shape index (κ2) is 5.69. The molecule has 0 heterocycles. The number of carbonyl (C=O) groups excluding carboxylic acids is 1. The molecule has 1 aliphatic carbocycles. The Bertz CT molecular complexity index is 315. The SMILES string of the molecule is CC(C)(C)NCC(=O)NC1(C(=O)O)CCCCC1. The van der Waals surface area contributed by atoms with E-state index in [2.05, 4.69) is 10.6 Å².